The van der Waals surface area contributed by atoms with E-state index in [1.165, 1.54) is 0 Å². The Morgan fingerprint density at radius 2 is 2.10 bits per heavy atom. The summed E-state index contributed by atoms with van der Waals surface area (Å²) in [5.41, 5.74) is 4.28. The zero-order valence-corrected chi connectivity index (χ0v) is 17.8. The fourth-order valence-corrected chi connectivity index (χ4v) is 3.90. The summed E-state index contributed by atoms with van der Waals surface area (Å²) in [7, 11) is 1.80. The molecule has 4 rings (SSSR count). The average Bonchev–Trinajstić information content (AvgIpc) is 3.39. The predicted octanol–water partition coefficient (Wildman–Crippen LogP) is 2.27. The van der Waals surface area contributed by atoms with Crippen LogP contribution in [0, 0.1) is 0 Å². The second-order valence-corrected chi connectivity index (χ2v) is 7.55. The Morgan fingerprint density at radius 3 is 2.77 bits per heavy atom. The predicted molar refractivity (Wildman–Crippen MR) is 114 cm³/mol. The molecule has 0 bridgehead atoms. The van der Waals surface area contributed by atoms with Crippen LogP contribution in [0.25, 0.3) is 11.0 Å². The molecule has 9 heteroatoms. The highest BCUT2D eigenvalue weighted by Crippen LogP contribution is 2.31. The fourth-order valence-electron chi connectivity index (χ4n) is 3.90. The van der Waals surface area contributed by atoms with Crippen LogP contribution in [0.3, 0.4) is 0 Å². The summed E-state index contributed by atoms with van der Waals surface area (Å²) in [6, 6.07) is 2.04. The largest absolute Gasteiger partial charge is 0.381 e. The fraction of sp³-hybridized carbons (Fsp3) is 0.524. The van der Waals surface area contributed by atoms with E-state index in [-0.39, 0.29) is 5.91 Å². The van der Waals surface area contributed by atoms with Crippen LogP contribution < -0.4 is 10.6 Å². The minimum absolute atomic E-state index is 0.195. The SMILES string of the molecule is CCc1nc2c(cnn2CC)c(NC2CCOCC2)c1CNC(=O)c1ccn(C)n1. The first-order chi connectivity index (χ1) is 14.6. The van der Waals surface area contributed by atoms with Crippen LogP contribution in [0.5, 0.6) is 0 Å². The molecule has 1 amide bonds. The lowest BCUT2D eigenvalue weighted by molar-refractivity contribution is 0.0904. The summed E-state index contributed by atoms with van der Waals surface area (Å²) in [6.45, 7) is 6.80. The van der Waals surface area contributed by atoms with Crippen LogP contribution in [-0.4, -0.2) is 49.7 Å². The van der Waals surface area contributed by atoms with Crippen LogP contribution in [0.4, 0.5) is 5.69 Å². The number of nitrogens with one attached hydrogen (secondary N) is 2. The van der Waals surface area contributed by atoms with Crippen LogP contribution in [0.15, 0.2) is 18.5 Å². The molecule has 0 unspecified atom stereocenters. The summed E-state index contributed by atoms with van der Waals surface area (Å²) in [4.78, 5) is 17.5. The van der Waals surface area contributed by atoms with Crippen molar-refractivity contribution in [2.75, 3.05) is 18.5 Å². The molecule has 1 saturated heterocycles. The maximum atomic E-state index is 12.6. The van der Waals surface area contributed by atoms with E-state index in [0.717, 1.165) is 67.0 Å². The standard InChI is InChI=1S/C21H29N7O2/c1-4-17-15(12-22-21(29)18-6-9-27(3)26-18)19(24-14-7-10-30-11-8-14)16-13-23-28(5-2)20(16)25-17/h6,9,13-14H,4-5,7-8,10-12H2,1-3H3,(H,22,29)(H,24,25). The molecule has 0 aliphatic carbocycles. The van der Waals surface area contributed by atoms with Gasteiger partial charge in [-0.25, -0.2) is 9.67 Å². The maximum absolute atomic E-state index is 12.6. The zero-order chi connectivity index (χ0) is 21.1. The molecule has 160 valence electrons. The topological polar surface area (TPSA) is 98.9 Å². The monoisotopic (exact) mass is 411 g/mol. The van der Waals surface area contributed by atoms with Gasteiger partial charge in [0.1, 0.15) is 5.69 Å². The van der Waals surface area contributed by atoms with E-state index >= 15 is 0 Å². The van der Waals surface area contributed by atoms with E-state index in [4.69, 9.17) is 9.72 Å². The molecule has 2 N–H and O–H groups in total. The second-order valence-electron chi connectivity index (χ2n) is 7.55. The number of nitrogens with zero attached hydrogens (tertiary/aromatic N) is 5. The number of hydrogen-bond acceptors (Lipinski definition) is 6. The number of aromatic nitrogens is 5. The molecular weight excluding hydrogens is 382 g/mol. The van der Waals surface area contributed by atoms with Crippen molar-refractivity contribution in [3.05, 3.63) is 35.4 Å². The van der Waals surface area contributed by atoms with Gasteiger partial charge in [0, 0.05) is 56.8 Å². The first-order valence-electron chi connectivity index (χ1n) is 10.6. The summed E-state index contributed by atoms with van der Waals surface area (Å²) in [5.74, 6) is -0.195. The number of hydrogen-bond donors (Lipinski definition) is 2. The van der Waals surface area contributed by atoms with Crippen molar-refractivity contribution in [3.63, 3.8) is 0 Å². The average molecular weight is 412 g/mol. The van der Waals surface area contributed by atoms with Crippen molar-refractivity contribution >= 4 is 22.6 Å². The van der Waals surface area contributed by atoms with Gasteiger partial charge in [0.2, 0.25) is 0 Å². The highest BCUT2D eigenvalue weighted by atomic mass is 16.5. The zero-order valence-electron chi connectivity index (χ0n) is 17.8. The Labute approximate surface area is 175 Å². The van der Waals surface area contributed by atoms with Crippen LogP contribution in [0.2, 0.25) is 0 Å². The third-order valence-corrected chi connectivity index (χ3v) is 5.55. The van der Waals surface area contributed by atoms with Gasteiger partial charge < -0.3 is 15.4 Å². The number of rotatable bonds is 7. The van der Waals surface area contributed by atoms with Gasteiger partial charge in [-0.05, 0) is 32.3 Å². The lowest BCUT2D eigenvalue weighted by Gasteiger charge is -2.26. The molecule has 30 heavy (non-hydrogen) atoms. The molecular formula is C21H29N7O2. The summed E-state index contributed by atoms with van der Waals surface area (Å²) in [5, 5.41) is 16.4. The third kappa shape index (κ3) is 4.02. The molecule has 9 nitrogen and oxygen atoms in total. The number of ether oxygens (including phenoxy) is 1. The van der Waals surface area contributed by atoms with Crippen molar-refractivity contribution in [1.82, 2.24) is 29.9 Å². The molecule has 0 atom stereocenters. The Kier molecular flexibility index (Phi) is 5.98. The molecule has 4 heterocycles. The number of fused-ring (bicyclic) bond motifs is 1. The van der Waals surface area contributed by atoms with E-state index in [1.807, 2.05) is 10.9 Å². The number of amides is 1. The van der Waals surface area contributed by atoms with Crippen molar-refractivity contribution in [2.24, 2.45) is 7.05 Å². The van der Waals surface area contributed by atoms with Gasteiger partial charge in [0.15, 0.2) is 5.65 Å². The third-order valence-electron chi connectivity index (χ3n) is 5.55. The molecule has 1 fully saturated rings. The number of pyridine rings is 1. The number of carbonyl (C=O) groups is 1. The van der Waals surface area contributed by atoms with Crippen LogP contribution in [-0.2, 0) is 31.3 Å². The number of carbonyl (C=O) groups excluding carboxylic acids is 1. The van der Waals surface area contributed by atoms with Gasteiger partial charge >= 0.3 is 0 Å². The Hall–Kier alpha value is -2.94. The van der Waals surface area contributed by atoms with E-state index in [2.05, 4.69) is 34.7 Å². The van der Waals surface area contributed by atoms with Crippen molar-refractivity contribution in [1.29, 1.82) is 0 Å². The van der Waals surface area contributed by atoms with Crippen LogP contribution in [0.1, 0.15) is 48.4 Å². The Bertz CT molecular complexity index is 1030. The minimum Gasteiger partial charge on any atom is -0.381 e. The maximum Gasteiger partial charge on any atom is 0.272 e. The smallest absolute Gasteiger partial charge is 0.272 e. The van der Waals surface area contributed by atoms with E-state index in [9.17, 15) is 4.79 Å². The van der Waals surface area contributed by atoms with Gasteiger partial charge in [-0.15, -0.1) is 0 Å². The van der Waals surface area contributed by atoms with Crippen molar-refractivity contribution in [3.8, 4) is 0 Å². The second kappa shape index (κ2) is 8.83. The van der Waals surface area contributed by atoms with E-state index in [0.29, 0.717) is 18.3 Å². The minimum atomic E-state index is -0.195. The van der Waals surface area contributed by atoms with Gasteiger partial charge in [-0.3, -0.25) is 9.48 Å². The van der Waals surface area contributed by atoms with Crippen molar-refractivity contribution < 1.29 is 9.53 Å². The number of aryl methyl sites for hydroxylation is 3. The first-order valence-corrected chi connectivity index (χ1v) is 10.6. The Morgan fingerprint density at radius 1 is 1.30 bits per heavy atom. The normalized spacial score (nSPS) is 14.9. The molecule has 3 aromatic rings. The van der Waals surface area contributed by atoms with E-state index in [1.54, 1.807) is 24.0 Å². The van der Waals surface area contributed by atoms with Gasteiger partial charge in [-0.1, -0.05) is 6.92 Å². The van der Waals surface area contributed by atoms with Gasteiger partial charge in [0.25, 0.3) is 5.91 Å². The van der Waals surface area contributed by atoms with Crippen LogP contribution >= 0.6 is 0 Å². The Balaban J connectivity index is 1.69. The quantitative estimate of drug-likeness (QED) is 0.619. The van der Waals surface area contributed by atoms with Gasteiger partial charge in [0.05, 0.1) is 17.3 Å². The van der Waals surface area contributed by atoms with Gasteiger partial charge in [-0.2, -0.15) is 10.2 Å². The van der Waals surface area contributed by atoms with Crippen molar-refractivity contribution in [2.45, 2.75) is 52.2 Å². The molecule has 0 spiro atoms. The highest BCUT2D eigenvalue weighted by Gasteiger charge is 2.22. The first kappa shape index (κ1) is 20.3. The van der Waals surface area contributed by atoms with E-state index < -0.39 is 0 Å². The number of anilines is 1. The summed E-state index contributed by atoms with van der Waals surface area (Å²) < 4.78 is 9.06. The summed E-state index contributed by atoms with van der Waals surface area (Å²) in [6.07, 6.45) is 6.30. The molecule has 1 aliphatic rings. The molecule has 0 aromatic carbocycles. The lowest BCUT2D eigenvalue weighted by atomic mass is 10.0. The highest BCUT2D eigenvalue weighted by molar-refractivity contribution is 5.94. The molecule has 1 aliphatic heterocycles. The molecule has 0 radical (unpaired) electrons. The molecule has 3 aromatic heterocycles. The lowest BCUT2D eigenvalue weighted by Crippen LogP contribution is -2.30. The molecule has 0 saturated carbocycles. The summed E-state index contributed by atoms with van der Waals surface area (Å²) >= 11 is 0.